The molecule has 3 rings (SSSR count). The van der Waals surface area contributed by atoms with Gasteiger partial charge in [0.25, 0.3) is 0 Å². The lowest BCUT2D eigenvalue weighted by molar-refractivity contribution is 0.806. The van der Waals surface area contributed by atoms with Crippen LogP contribution >= 0.6 is 0 Å². The van der Waals surface area contributed by atoms with E-state index >= 15 is 0 Å². The minimum atomic E-state index is 0.542. The number of rotatable bonds is 0. The Morgan fingerprint density at radius 2 is 2.36 bits per heavy atom. The molecule has 0 radical (unpaired) electrons. The Labute approximate surface area is 80.7 Å². The van der Waals surface area contributed by atoms with Gasteiger partial charge >= 0.3 is 0 Å². The smallest absolute Gasteiger partial charge is 0.149 e. The topological polar surface area (TPSA) is 79.6 Å². The maximum Gasteiger partial charge on any atom is 0.149 e. The molecule has 5 nitrogen and oxygen atoms in total. The molecule has 2 aromatic heterocycles. The Kier molecular flexibility index (Phi) is 1.41. The van der Waals surface area contributed by atoms with Crippen LogP contribution in [0.1, 0.15) is 12.1 Å². The minimum Gasteiger partial charge on any atom is -0.382 e. The molecule has 0 saturated carbocycles. The van der Waals surface area contributed by atoms with Crippen LogP contribution in [0.4, 0.5) is 11.5 Å². The Morgan fingerprint density at radius 1 is 1.43 bits per heavy atom. The molecular formula is C9H11N5. The number of nitrogen functional groups attached to an aromatic ring is 1. The highest BCUT2D eigenvalue weighted by Gasteiger charge is 2.16. The summed E-state index contributed by atoms with van der Waals surface area (Å²) in [6.07, 6.45) is 3.74. The van der Waals surface area contributed by atoms with Crippen LogP contribution in [0.3, 0.4) is 0 Å². The fraction of sp³-hybridized carbons (Fsp3) is 0.333. The van der Waals surface area contributed by atoms with E-state index in [2.05, 4.69) is 20.3 Å². The lowest BCUT2D eigenvalue weighted by Gasteiger charge is -2.17. The van der Waals surface area contributed by atoms with Crippen LogP contribution < -0.4 is 11.1 Å². The van der Waals surface area contributed by atoms with Crippen LogP contribution in [0.2, 0.25) is 0 Å². The van der Waals surface area contributed by atoms with Crippen molar-refractivity contribution in [3.05, 3.63) is 12.0 Å². The second kappa shape index (κ2) is 2.60. The van der Waals surface area contributed by atoms with Gasteiger partial charge < -0.3 is 16.0 Å². The van der Waals surface area contributed by atoms with Crippen LogP contribution in [0.15, 0.2) is 6.33 Å². The number of fused-ring (bicyclic) bond motifs is 3. The summed E-state index contributed by atoms with van der Waals surface area (Å²) in [6.45, 7) is 0.987. The summed E-state index contributed by atoms with van der Waals surface area (Å²) in [6, 6.07) is 0. The second-order valence-electron chi connectivity index (χ2n) is 3.48. The van der Waals surface area contributed by atoms with Gasteiger partial charge in [-0.3, -0.25) is 0 Å². The van der Waals surface area contributed by atoms with Crippen LogP contribution in [0, 0.1) is 0 Å². The number of aryl methyl sites for hydroxylation is 1. The first-order chi connectivity index (χ1) is 6.86. The van der Waals surface area contributed by atoms with Crippen molar-refractivity contribution in [1.82, 2.24) is 15.0 Å². The lowest BCUT2D eigenvalue weighted by Crippen LogP contribution is -2.14. The fourth-order valence-electron chi connectivity index (χ4n) is 1.91. The molecule has 0 spiro atoms. The number of aromatic nitrogens is 3. The number of H-pyrrole nitrogens is 1. The van der Waals surface area contributed by atoms with Gasteiger partial charge in [-0.15, -0.1) is 0 Å². The molecule has 0 atom stereocenters. The summed E-state index contributed by atoms with van der Waals surface area (Å²) >= 11 is 0. The van der Waals surface area contributed by atoms with E-state index in [1.165, 1.54) is 0 Å². The summed E-state index contributed by atoms with van der Waals surface area (Å²) < 4.78 is 0. The molecule has 72 valence electrons. The molecule has 0 aliphatic carbocycles. The molecule has 1 aliphatic rings. The third kappa shape index (κ3) is 0.891. The number of nitrogens with one attached hydrogen (secondary N) is 2. The molecule has 0 saturated heterocycles. The number of pyridine rings is 1. The Morgan fingerprint density at radius 3 is 3.29 bits per heavy atom. The first-order valence-corrected chi connectivity index (χ1v) is 4.71. The average molecular weight is 189 g/mol. The molecule has 2 aromatic rings. The van der Waals surface area contributed by atoms with Crippen molar-refractivity contribution in [2.45, 2.75) is 12.8 Å². The summed E-state index contributed by atoms with van der Waals surface area (Å²) in [5, 5.41) is 3.32. The highest BCUT2D eigenvalue weighted by molar-refractivity contribution is 5.95. The maximum atomic E-state index is 5.81. The summed E-state index contributed by atoms with van der Waals surface area (Å²) in [7, 11) is 0. The zero-order valence-corrected chi connectivity index (χ0v) is 7.67. The van der Waals surface area contributed by atoms with Crippen molar-refractivity contribution in [2.24, 2.45) is 0 Å². The quantitative estimate of drug-likeness (QED) is 0.575. The lowest BCUT2D eigenvalue weighted by atomic mass is 10.1. The number of anilines is 2. The van der Waals surface area contributed by atoms with E-state index in [-0.39, 0.29) is 0 Å². The van der Waals surface area contributed by atoms with Crippen LogP contribution in [0.5, 0.6) is 0 Å². The molecule has 0 aromatic carbocycles. The SMILES string of the molecule is Nc1nc2c(c3nc[nH]c13)NCCC2. The molecule has 14 heavy (non-hydrogen) atoms. The largest absolute Gasteiger partial charge is 0.382 e. The number of nitrogens with zero attached hydrogens (tertiary/aromatic N) is 2. The zero-order chi connectivity index (χ0) is 9.54. The van der Waals surface area contributed by atoms with Crippen molar-refractivity contribution < 1.29 is 0 Å². The van der Waals surface area contributed by atoms with Crippen LogP contribution in [-0.2, 0) is 6.42 Å². The molecule has 3 heterocycles. The van der Waals surface area contributed by atoms with Gasteiger partial charge in [-0.05, 0) is 12.8 Å². The van der Waals surface area contributed by atoms with Crippen molar-refractivity contribution in [1.29, 1.82) is 0 Å². The van der Waals surface area contributed by atoms with Crippen molar-refractivity contribution in [3.8, 4) is 0 Å². The van der Waals surface area contributed by atoms with Crippen molar-refractivity contribution in [3.63, 3.8) is 0 Å². The Bertz CT molecular complexity index is 487. The van der Waals surface area contributed by atoms with Crippen LogP contribution in [0.25, 0.3) is 11.0 Å². The molecule has 0 unspecified atom stereocenters. The molecular weight excluding hydrogens is 178 g/mol. The standard InChI is InChI=1S/C9H11N5/c10-9-8-7(12-4-13-8)6-5(14-9)2-1-3-11-6/h4,11H,1-3H2,(H2,10,14)(H,12,13). The van der Waals surface area contributed by atoms with Crippen molar-refractivity contribution >= 4 is 22.5 Å². The summed E-state index contributed by atoms with van der Waals surface area (Å²) in [4.78, 5) is 11.6. The van der Waals surface area contributed by atoms with Gasteiger partial charge in [-0.25, -0.2) is 9.97 Å². The molecule has 0 amide bonds. The van der Waals surface area contributed by atoms with E-state index in [4.69, 9.17) is 5.73 Å². The normalized spacial score (nSPS) is 15.1. The van der Waals surface area contributed by atoms with E-state index in [1.54, 1.807) is 6.33 Å². The van der Waals surface area contributed by atoms with Gasteiger partial charge in [0.1, 0.15) is 16.9 Å². The van der Waals surface area contributed by atoms with Gasteiger partial charge in [-0.2, -0.15) is 0 Å². The van der Waals surface area contributed by atoms with E-state index in [9.17, 15) is 0 Å². The van der Waals surface area contributed by atoms with Gasteiger partial charge in [0, 0.05) is 6.54 Å². The van der Waals surface area contributed by atoms with Gasteiger partial charge in [-0.1, -0.05) is 0 Å². The van der Waals surface area contributed by atoms with Crippen LogP contribution in [-0.4, -0.2) is 21.5 Å². The van der Waals surface area contributed by atoms with E-state index < -0.39 is 0 Å². The summed E-state index contributed by atoms with van der Waals surface area (Å²) in [5.41, 5.74) is 9.63. The third-order valence-electron chi connectivity index (χ3n) is 2.57. The minimum absolute atomic E-state index is 0.542. The van der Waals surface area contributed by atoms with E-state index in [0.717, 1.165) is 41.8 Å². The maximum absolute atomic E-state index is 5.81. The molecule has 5 heteroatoms. The molecule has 1 aliphatic heterocycles. The molecule has 0 fully saturated rings. The molecule has 4 N–H and O–H groups in total. The monoisotopic (exact) mass is 189 g/mol. The second-order valence-corrected chi connectivity index (χ2v) is 3.48. The average Bonchev–Trinajstić information content (AvgIpc) is 2.67. The first-order valence-electron chi connectivity index (χ1n) is 4.71. The number of imidazole rings is 1. The number of aromatic amines is 1. The molecule has 0 bridgehead atoms. The third-order valence-corrected chi connectivity index (χ3v) is 2.57. The highest BCUT2D eigenvalue weighted by atomic mass is 15.0. The Hall–Kier alpha value is -1.78. The van der Waals surface area contributed by atoms with E-state index in [0.29, 0.717) is 5.82 Å². The highest BCUT2D eigenvalue weighted by Crippen LogP contribution is 2.29. The number of hydrogen-bond acceptors (Lipinski definition) is 4. The summed E-state index contributed by atoms with van der Waals surface area (Å²) in [5.74, 6) is 0.542. The number of nitrogens with two attached hydrogens (primary N) is 1. The Balaban J connectivity index is 2.38. The first kappa shape index (κ1) is 7.61. The zero-order valence-electron chi connectivity index (χ0n) is 7.67. The predicted octanol–water partition coefficient (Wildman–Crippen LogP) is 0.898. The number of hydrogen-bond donors (Lipinski definition) is 3. The van der Waals surface area contributed by atoms with Gasteiger partial charge in [0.2, 0.25) is 0 Å². The van der Waals surface area contributed by atoms with E-state index in [1.807, 2.05) is 0 Å². The van der Waals surface area contributed by atoms with Gasteiger partial charge in [0.05, 0.1) is 17.7 Å². The van der Waals surface area contributed by atoms with Crippen molar-refractivity contribution in [2.75, 3.05) is 17.6 Å². The predicted molar refractivity (Wildman–Crippen MR) is 55.1 cm³/mol. The fourth-order valence-corrected chi connectivity index (χ4v) is 1.91. The van der Waals surface area contributed by atoms with Gasteiger partial charge in [0.15, 0.2) is 0 Å².